The number of hydrogen-bond donors (Lipinski definition) is 1. The highest BCUT2D eigenvalue weighted by Gasteiger charge is 2.41. The van der Waals surface area contributed by atoms with Crippen molar-refractivity contribution in [2.45, 2.75) is 51.9 Å². The first-order valence-corrected chi connectivity index (χ1v) is 7.14. The van der Waals surface area contributed by atoms with Gasteiger partial charge in [0.05, 0.1) is 18.8 Å². The van der Waals surface area contributed by atoms with Crippen molar-refractivity contribution in [3.8, 4) is 0 Å². The molecule has 4 nitrogen and oxygen atoms in total. The van der Waals surface area contributed by atoms with Crippen LogP contribution in [0, 0.1) is 5.92 Å². The van der Waals surface area contributed by atoms with Crippen LogP contribution < -0.4 is 5.32 Å². The maximum absolute atomic E-state index is 5.59. The van der Waals surface area contributed by atoms with Crippen LogP contribution >= 0.6 is 0 Å². The average molecular weight is 259 g/mol. The van der Waals surface area contributed by atoms with Crippen LogP contribution in [0.15, 0.2) is 0 Å². The minimum absolute atomic E-state index is 0.195. The first kappa shape index (κ1) is 15.9. The van der Waals surface area contributed by atoms with E-state index in [1.165, 1.54) is 0 Å². The summed E-state index contributed by atoms with van der Waals surface area (Å²) in [5.74, 6) is 0.717. The highest BCUT2D eigenvalue weighted by atomic mass is 16.5. The van der Waals surface area contributed by atoms with Gasteiger partial charge in [0.2, 0.25) is 0 Å². The lowest BCUT2D eigenvalue weighted by Crippen LogP contribution is -2.60. The van der Waals surface area contributed by atoms with Crippen LogP contribution in [-0.2, 0) is 14.2 Å². The Hall–Kier alpha value is -0.160. The minimum atomic E-state index is 0.195. The van der Waals surface area contributed by atoms with E-state index in [0.29, 0.717) is 6.04 Å². The molecule has 0 heterocycles. The molecule has 18 heavy (non-hydrogen) atoms. The molecule has 1 fully saturated rings. The molecule has 108 valence electrons. The second-order valence-corrected chi connectivity index (χ2v) is 5.29. The predicted octanol–water partition coefficient (Wildman–Crippen LogP) is 1.83. The van der Waals surface area contributed by atoms with Gasteiger partial charge in [-0.3, -0.25) is 0 Å². The number of nitrogens with one attached hydrogen (secondary N) is 1. The molecular weight excluding hydrogens is 230 g/mol. The second-order valence-electron chi connectivity index (χ2n) is 5.29. The van der Waals surface area contributed by atoms with Gasteiger partial charge in [0, 0.05) is 32.9 Å². The molecule has 1 N–H and O–H groups in total. The number of hydrogen-bond acceptors (Lipinski definition) is 4. The molecule has 0 aromatic carbocycles. The molecular formula is C14H29NO3. The predicted molar refractivity (Wildman–Crippen MR) is 72.9 cm³/mol. The third-order valence-corrected chi connectivity index (χ3v) is 3.39. The van der Waals surface area contributed by atoms with Gasteiger partial charge in [-0.25, -0.2) is 0 Å². The third-order valence-electron chi connectivity index (χ3n) is 3.39. The van der Waals surface area contributed by atoms with Gasteiger partial charge in [-0.05, 0) is 25.7 Å². The van der Waals surface area contributed by atoms with Crippen molar-refractivity contribution in [1.29, 1.82) is 0 Å². The quantitative estimate of drug-likeness (QED) is 0.608. The number of ether oxygens (including phenoxy) is 3. The van der Waals surface area contributed by atoms with E-state index in [9.17, 15) is 0 Å². The topological polar surface area (TPSA) is 39.7 Å². The van der Waals surface area contributed by atoms with Crippen molar-refractivity contribution in [1.82, 2.24) is 5.32 Å². The van der Waals surface area contributed by atoms with E-state index in [-0.39, 0.29) is 12.2 Å². The molecule has 4 heteroatoms. The van der Waals surface area contributed by atoms with Gasteiger partial charge in [-0.1, -0.05) is 13.8 Å². The van der Waals surface area contributed by atoms with Crippen molar-refractivity contribution in [3.63, 3.8) is 0 Å². The van der Waals surface area contributed by atoms with Crippen LogP contribution in [0.4, 0.5) is 0 Å². The zero-order valence-corrected chi connectivity index (χ0v) is 12.3. The Morgan fingerprint density at radius 3 is 2.67 bits per heavy atom. The lowest BCUT2D eigenvalue weighted by Gasteiger charge is -2.43. The first-order valence-electron chi connectivity index (χ1n) is 7.14. The van der Waals surface area contributed by atoms with Crippen LogP contribution in [0.3, 0.4) is 0 Å². The summed E-state index contributed by atoms with van der Waals surface area (Å²) in [7, 11) is 1.75. The fourth-order valence-corrected chi connectivity index (χ4v) is 2.21. The summed E-state index contributed by atoms with van der Waals surface area (Å²) >= 11 is 0. The van der Waals surface area contributed by atoms with Crippen LogP contribution in [0.25, 0.3) is 0 Å². The minimum Gasteiger partial charge on any atom is -0.380 e. The molecule has 0 amide bonds. The zero-order valence-electron chi connectivity index (χ0n) is 12.3. The highest BCUT2D eigenvalue weighted by Crippen LogP contribution is 2.26. The van der Waals surface area contributed by atoms with Crippen molar-refractivity contribution in [3.05, 3.63) is 0 Å². The van der Waals surface area contributed by atoms with E-state index in [1.54, 1.807) is 7.11 Å². The second kappa shape index (κ2) is 8.86. The molecule has 0 saturated heterocycles. The monoisotopic (exact) mass is 259 g/mol. The normalized spacial score (nSPS) is 27.5. The van der Waals surface area contributed by atoms with E-state index < -0.39 is 0 Å². The molecule has 1 saturated carbocycles. The highest BCUT2D eigenvalue weighted by molar-refractivity contribution is 4.96. The summed E-state index contributed by atoms with van der Waals surface area (Å²) in [6.07, 6.45) is 2.63. The molecule has 1 rings (SSSR count). The largest absolute Gasteiger partial charge is 0.380 e. The number of methoxy groups -OCH3 is 1. The summed E-state index contributed by atoms with van der Waals surface area (Å²) in [5, 5.41) is 3.47. The molecule has 0 spiro atoms. The van der Waals surface area contributed by atoms with E-state index in [2.05, 4.69) is 19.2 Å². The maximum Gasteiger partial charge on any atom is 0.0986 e. The van der Waals surface area contributed by atoms with E-state index in [1.807, 2.05) is 6.92 Å². The zero-order chi connectivity index (χ0) is 13.4. The van der Waals surface area contributed by atoms with Gasteiger partial charge in [-0.2, -0.15) is 0 Å². The standard InChI is InChI=1S/C14H29NO3/c1-5-18-13-10-12(14(13)16-4)15-7-9-17-8-6-11(2)3/h11-15H,5-10H2,1-4H3. The molecule has 1 aliphatic rings. The average Bonchev–Trinajstić information content (AvgIpc) is 2.30. The Kier molecular flexibility index (Phi) is 7.82. The van der Waals surface area contributed by atoms with Gasteiger partial charge in [0.15, 0.2) is 0 Å². The Labute approximate surface area is 111 Å². The van der Waals surface area contributed by atoms with Crippen molar-refractivity contribution in [2.24, 2.45) is 5.92 Å². The molecule has 0 radical (unpaired) electrons. The van der Waals surface area contributed by atoms with Crippen LogP contribution in [0.1, 0.15) is 33.6 Å². The molecule has 3 unspecified atom stereocenters. The van der Waals surface area contributed by atoms with E-state index in [0.717, 1.165) is 45.1 Å². The molecule has 1 aliphatic carbocycles. The Morgan fingerprint density at radius 1 is 1.28 bits per heavy atom. The SMILES string of the molecule is CCOC1CC(NCCOCCC(C)C)C1OC. The van der Waals surface area contributed by atoms with Gasteiger partial charge < -0.3 is 19.5 Å². The van der Waals surface area contributed by atoms with Gasteiger partial charge in [-0.15, -0.1) is 0 Å². The Bertz CT molecular complexity index is 211. The van der Waals surface area contributed by atoms with Crippen molar-refractivity contribution in [2.75, 3.05) is 33.5 Å². The van der Waals surface area contributed by atoms with Crippen molar-refractivity contribution < 1.29 is 14.2 Å². The summed E-state index contributed by atoms with van der Waals surface area (Å²) in [5.41, 5.74) is 0. The lowest BCUT2D eigenvalue weighted by molar-refractivity contribution is -0.131. The van der Waals surface area contributed by atoms with Gasteiger partial charge in [0.1, 0.15) is 0 Å². The molecule has 3 atom stereocenters. The summed E-state index contributed by atoms with van der Waals surface area (Å²) in [4.78, 5) is 0. The summed E-state index contributed by atoms with van der Waals surface area (Å²) in [6.45, 7) is 9.74. The summed E-state index contributed by atoms with van der Waals surface area (Å²) in [6, 6.07) is 0.417. The molecule has 0 aromatic rings. The summed E-state index contributed by atoms with van der Waals surface area (Å²) < 4.78 is 16.6. The van der Waals surface area contributed by atoms with Crippen LogP contribution in [-0.4, -0.2) is 51.7 Å². The van der Waals surface area contributed by atoms with E-state index >= 15 is 0 Å². The molecule has 0 aliphatic heterocycles. The van der Waals surface area contributed by atoms with Crippen LogP contribution in [0.2, 0.25) is 0 Å². The van der Waals surface area contributed by atoms with Gasteiger partial charge in [0.25, 0.3) is 0 Å². The fourth-order valence-electron chi connectivity index (χ4n) is 2.21. The third kappa shape index (κ3) is 5.22. The van der Waals surface area contributed by atoms with Crippen LogP contribution in [0.5, 0.6) is 0 Å². The van der Waals surface area contributed by atoms with E-state index in [4.69, 9.17) is 14.2 Å². The Balaban J connectivity index is 2.00. The van der Waals surface area contributed by atoms with Crippen molar-refractivity contribution >= 4 is 0 Å². The maximum atomic E-state index is 5.59. The fraction of sp³-hybridized carbons (Fsp3) is 1.00. The first-order chi connectivity index (χ1) is 8.69. The Morgan fingerprint density at radius 2 is 2.06 bits per heavy atom. The number of rotatable bonds is 10. The van der Waals surface area contributed by atoms with Gasteiger partial charge >= 0.3 is 0 Å². The molecule has 0 bridgehead atoms. The smallest absolute Gasteiger partial charge is 0.0986 e. The lowest BCUT2D eigenvalue weighted by atomic mass is 9.85. The molecule has 0 aromatic heterocycles.